The summed E-state index contributed by atoms with van der Waals surface area (Å²) in [5.41, 5.74) is 6.91. The van der Waals surface area contributed by atoms with Gasteiger partial charge < -0.3 is 15.2 Å². The van der Waals surface area contributed by atoms with E-state index in [0.29, 0.717) is 36.1 Å². The maximum Gasteiger partial charge on any atom is 0.234 e. The first-order chi connectivity index (χ1) is 12.6. The van der Waals surface area contributed by atoms with Crippen molar-refractivity contribution in [2.75, 3.05) is 20.3 Å². The van der Waals surface area contributed by atoms with Crippen LogP contribution in [0.4, 0.5) is 4.39 Å². The van der Waals surface area contributed by atoms with Crippen LogP contribution in [-0.4, -0.2) is 48.1 Å². The molecule has 2 aliphatic heterocycles. The van der Waals surface area contributed by atoms with Gasteiger partial charge in [0.1, 0.15) is 12.4 Å². The SMILES string of the molecule is COc1ccc2ncc3c(c2c1F)CC(N1CC[CH]CC1C(N)=O)CO3. The molecule has 3 heterocycles. The van der Waals surface area contributed by atoms with E-state index in [1.807, 2.05) is 0 Å². The predicted molar refractivity (Wildman–Crippen MR) is 94.5 cm³/mol. The quantitative estimate of drug-likeness (QED) is 0.906. The highest BCUT2D eigenvalue weighted by atomic mass is 19.1. The molecule has 0 aliphatic carbocycles. The Morgan fingerprint density at radius 1 is 1.46 bits per heavy atom. The lowest BCUT2D eigenvalue weighted by molar-refractivity contribution is -0.125. The third-order valence-electron chi connectivity index (χ3n) is 5.27. The third-order valence-corrected chi connectivity index (χ3v) is 5.27. The number of likely N-dealkylation sites (tertiary alicyclic amines) is 1. The Balaban J connectivity index is 1.74. The van der Waals surface area contributed by atoms with Crippen LogP contribution in [0.3, 0.4) is 0 Å². The van der Waals surface area contributed by atoms with E-state index in [9.17, 15) is 9.18 Å². The van der Waals surface area contributed by atoms with Gasteiger partial charge >= 0.3 is 0 Å². The molecular weight excluding hydrogens is 337 g/mol. The van der Waals surface area contributed by atoms with Crippen LogP contribution in [0.5, 0.6) is 11.5 Å². The highest BCUT2D eigenvalue weighted by Crippen LogP contribution is 2.37. The van der Waals surface area contributed by atoms with Crippen molar-refractivity contribution in [2.24, 2.45) is 5.73 Å². The Hall–Kier alpha value is -2.41. The summed E-state index contributed by atoms with van der Waals surface area (Å²) in [7, 11) is 1.44. The first kappa shape index (κ1) is 17.0. The lowest BCUT2D eigenvalue weighted by atomic mass is 9.93. The number of piperidine rings is 1. The Labute approximate surface area is 151 Å². The van der Waals surface area contributed by atoms with Gasteiger partial charge in [-0.3, -0.25) is 14.7 Å². The van der Waals surface area contributed by atoms with Crippen molar-refractivity contribution in [3.05, 3.63) is 36.1 Å². The van der Waals surface area contributed by atoms with Crippen molar-refractivity contribution in [3.63, 3.8) is 0 Å². The number of benzene rings is 1. The molecule has 2 atom stereocenters. The predicted octanol–water partition coefficient (Wildman–Crippen LogP) is 1.84. The largest absolute Gasteiger partial charge is 0.494 e. The molecule has 7 heteroatoms. The molecule has 6 nitrogen and oxygen atoms in total. The topological polar surface area (TPSA) is 77.7 Å². The fourth-order valence-electron chi connectivity index (χ4n) is 3.97. The molecule has 137 valence electrons. The lowest BCUT2D eigenvalue weighted by Gasteiger charge is -2.41. The molecule has 1 radical (unpaired) electrons. The van der Waals surface area contributed by atoms with Gasteiger partial charge in [0, 0.05) is 17.0 Å². The second-order valence-corrected chi connectivity index (χ2v) is 6.71. The van der Waals surface area contributed by atoms with E-state index in [2.05, 4.69) is 16.3 Å². The summed E-state index contributed by atoms with van der Waals surface area (Å²) in [4.78, 5) is 18.2. The number of hydrogen-bond acceptors (Lipinski definition) is 5. The summed E-state index contributed by atoms with van der Waals surface area (Å²) < 4.78 is 25.9. The molecule has 2 unspecified atom stereocenters. The van der Waals surface area contributed by atoms with E-state index in [1.165, 1.54) is 7.11 Å². The minimum atomic E-state index is -0.433. The maximum absolute atomic E-state index is 14.9. The van der Waals surface area contributed by atoms with Crippen LogP contribution in [0, 0.1) is 12.2 Å². The smallest absolute Gasteiger partial charge is 0.234 e. The van der Waals surface area contributed by atoms with Crippen LogP contribution in [0.25, 0.3) is 10.9 Å². The first-order valence-electron chi connectivity index (χ1n) is 8.73. The fourth-order valence-corrected chi connectivity index (χ4v) is 3.97. The van der Waals surface area contributed by atoms with Crippen LogP contribution in [0.2, 0.25) is 0 Å². The van der Waals surface area contributed by atoms with Crippen molar-refractivity contribution >= 4 is 16.8 Å². The van der Waals surface area contributed by atoms with Gasteiger partial charge in [-0.1, -0.05) is 0 Å². The van der Waals surface area contributed by atoms with Gasteiger partial charge in [0.25, 0.3) is 0 Å². The molecule has 1 saturated heterocycles. The van der Waals surface area contributed by atoms with Crippen LogP contribution >= 0.6 is 0 Å². The zero-order valence-electron chi connectivity index (χ0n) is 14.6. The molecule has 1 aromatic heterocycles. The van der Waals surface area contributed by atoms with Crippen LogP contribution in [-0.2, 0) is 11.2 Å². The number of rotatable bonds is 3. The molecule has 0 spiro atoms. The lowest BCUT2D eigenvalue weighted by Crippen LogP contribution is -2.55. The van der Waals surface area contributed by atoms with Crippen molar-refractivity contribution < 1.29 is 18.7 Å². The summed E-state index contributed by atoms with van der Waals surface area (Å²) in [6, 6.07) is 2.93. The molecule has 1 fully saturated rings. The zero-order valence-corrected chi connectivity index (χ0v) is 14.6. The zero-order chi connectivity index (χ0) is 18.3. The normalized spacial score (nSPS) is 23.3. The van der Waals surface area contributed by atoms with Gasteiger partial charge in [-0.2, -0.15) is 0 Å². The molecule has 2 N–H and O–H groups in total. The second kappa shape index (κ2) is 6.72. The van der Waals surface area contributed by atoms with Crippen molar-refractivity contribution in [3.8, 4) is 11.5 Å². The standard InChI is InChI=1S/C19H21FN3O3/c1-25-15-6-5-13-17(18(15)20)12-8-11(10-26-16(12)9-22-13)23-7-3-2-4-14(23)19(21)24/h2,5-6,9,11,14H,3-4,7-8,10H2,1H3,(H2,21,24). The highest BCUT2D eigenvalue weighted by Gasteiger charge is 2.36. The summed E-state index contributed by atoms with van der Waals surface area (Å²) in [6.45, 7) is 1.17. The van der Waals surface area contributed by atoms with Gasteiger partial charge in [-0.15, -0.1) is 0 Å². The first-order valence-corrected chi connectivity index (χ1v) is 8.73. The average molecular weight is 358 g/mol. The van der Waals surface area contributed by atoms with Gasteiger partial charge in [0.15, 0.2) is 11.6 Å². The van der Waals surface area contributed by atoms with Gasteiger partial charge in [0.05, 0.1) is 24.9 Å². The maximum atomic E-state index is 14.9. The highest BCUT2D eigenvalue weighted by molar-refractivity contribution is 5.86. The van der Waals surface area contributed by atoms with Crippen LogP contribution < -0.4 is 15.2 Å². The molecule has 0 bridgehead atoms. The van der Waals surface area contributed by atoms with E-state index >= 15 is 0 Å². The second-order valence-electron chi connectivity index (χ2n) is 6.71. The number of ether oxygens (including phenoxy) is 2. The minimum Gasteiger partial charge on any atom is -0.494 e. The van der Waals surface area contributed by atoms with E-state index in [4.69, 9.17) is 15.2 Å². The van der Waals surface area contributed by atoms with E-state index < -0.39 is 5.82 Å². The van der Waals surface area contributed by atoms with Crippen molar-refractivity contribution in [1.29, 1.82) is 0 Å². The van der Waals surface area contributed by atoms with E-state index in [1.54, 1.807) is 18.3 Å². The molecule has 4 rings (SSSR count). The molecule has 26 heavy (non-hydrogen) atoms. The third kappa shape index (κ3) is 2.76. The average Bonchev–Trinajstić information content (AvgIpc) is 2.67. The number of amides is 1. The summed E-state index contributed by atoms with van der Waals surface area (Å²) in [6.07, 6.45) is 5.83. The number of fused-ring (bicyclic) bond motifs is 3. The molecule has 2 aliphatic rings. The molecule has 1 aromatic carbocycles. The molecular formula is C19H21FN3O3. The van der Waals surface area contributed by atoms with Gasteiger partial charge in [-0.25, -0.2) is 4.39 Å². The Kier molecular flexibility index (Phi) is 4.40. The fraction of sp³-hybridized carbons (Fsp3) is 0.421. The summed E-state index contributed by atoms with van der Waals surface area (Å²) >= 11 is 0. The molecule has 2 aromatic rings. The Bertz CT molecular complexity index is 852. The van der Waals surface area contributed by atoms with E-state index in [-0.39, 0.29) is 23.7 Å². The van der Waals surface area contributed by atoms with Gasteiger partial charge in [0.2, 0.25) is 5.91 Å². The number of methoxy groups -OCH3 is 1. The van der Waals surface area contributed by atoms with Gasteiger partial charge in [-0.05, 0) is 44.4 Å². The molecule has 1 amide bonds. The minimum absolute atomic E-state index is 0.0371. The number of pyridine rings is 1. The van der Waals surface area contributed by atoms with Crippen molar-refractivity contribution in [2.45, 2.75) is 31.3 Å². The molecule has 0 saturated carbocycles. The number of hydrogen-bond donors (Lipinski definition) is 1. The number of halogens is 1. The van der Waals surface area contributed by atoms with Crippen LogP contribution in [0.1, 0.15) is 18.4 Å². The number of nitrogens with zero attached hydrogens (tertiary/aromatic N) is 2. The Morgan fingerprint density at radius 2 is 2.31 bits per heavy atom. The van der Waals surface area contributed by atoms with Crippen molar-refractivity contribution in [1.82, 2.24) is 9.88 Å². The number of carbonyl (C=O) groups excluding carboxylic acids is 1. The number of primary amides is 1. The summed E-state index contributed by atoms with van der Waals surface area (Å²) in [5, 5.41) is 0.422. The number of aromatic nitrogens is 1. The van der Waals surface area contributed by atoms with E-state index in [0.717, 1.165) is 18.5 Å². The number of carbonyl (C=O) groups is 1. The monoisotopic (exact) mass is 358 g/mol. The Morgan fingerprint density at radius 3 is 3.08 bits per heavy atom. The number of nitrogens with two attached hydrogens (primary N) is 1. The van der Waals surface area contributed by atoms with Crippen LogP contribution in [0.15, 0.2) is 18.3 Å². The summed E-state index contributed by atoms with van der Waals surface area (Å²) in [5.74, 6) is -0.00581.